The summed E-state index contributed by atoms with van der Waals surface area (Å²) in [5, 5.41) is 3.22. The van der Waals surface area contributed by atoms with Gasteiger partial charge in [0.15, 0.2) is 5.78 Å². The number of Topliss-reactive ketones (excluding diaryl/α,β-unsaturated/α-hetero) is 1. The molecule has 0 aliphatic carbocycles. The van der Waals surface area contributed by atoms with E-state index in [9.17, 15) is 4.79 Å². The first kappa shape index (κ1) is 15.2. The minimum atomic E-state index is -0.247. The molecule has 4 nitrogen and oxygen atoms in total. The van der Waals surface area contributed by atoms with Gasteiger partial charge in [-0.25, -0.2) is 0 Å². The Kier molecular flexibility index (Phi) is 5.46. The molecule has 21 heavy (non-hydrogen) atoms. The highest BCUT2D eigenvalue weighted by Crippen LogP contribution is 2.13. The minimum absolute atomic E-state index is 0.0712. The second-order valence-corrected chi connectivity index (χ2v) is 4.79. The van der Waals surface area contributed by atoms with Gasteiger partial charge in [0.2, 0.25) is 0 Å². The van der Waals surface area contributed by atoms with E-state index in [4.69, 9.17) is 4.74 Å². The molecule has 2 aromatic rings. The monoisotopic (exact) mass is 284 g/mol. The molecule has 1 atom stereocenters. The van der Waals surface area contributed by atoms with Crippen LogP contribution in [0.3, 0.4) is 0 Å². The highest BCUT2D eigenvalue weighted by atomic mass is 16.5. The van der Waals surface area contributed by atoms with Crippen molar-refractivity contribution in [3.63, 3.8) is 0 Å². The van der Waals surface area contributed by atoms with Crippen LogP contribution in [-0.4, -0.2) is 23.4 Å². The van der Waals surface area contributed by atoms with Gasteiger partial charge in [0.25, 0.3) is 0 Å². The predicted molar refractivity (Wildman–Crippen MR) is 82.5 cm³/mol. The standard InChI is InChI=1S/C17H20N2O2/c1-3-21-16-8-6-15(7-9-16)17(20)13(2)19-12-14-5-4-10-18-11-14/h4-11,13,19H,3,12H2,1-2H3. The molecule has 1 unspecified atom stereocenters. The fraction of sp³-hybridized carbons (Fsp3) is 0.294. The van der Waals surface area contributed by atoms with Crippen molar-refractivity contribution in [2.75, 3.05) is 6.61 Å². The molecule has 1 heterocycles. The van der Waals surface area contributed by atoms with Crippen LogP contribution in [0.4, 0.5) is 0 Å². The number of rotatable bonds is 7. The Hall–Kier alpha value is -2.20. The Morgan fingerprint density at radius 3 is 2.67 bits per heavy atom. The van der Waals surface area contributed by atoms with Crippen molar-refractivity contribution in [1.29, 1.82) is 0 Å². The lowest BCUT2D eigenvalue weighted by Gasteiger charge is -2.13. The zero-order valence-electron chi connectivity index (χ0n) is 12.4. The van der Waals surface area contributed by atoms with E-state index >= 15 is 0 Å². The van der Waals surface area contributed by atoms with Gasteiger partial charge in [-0.1, -0.05) is 6.07 Å². The third-order valence-corrected chi connectivity index (χ3v) is 3.18. The zero-order valence-corrected chi connectivity index (χ0v) is 12.4. The summed E-state index contributed by atoms with van der Waals surface area (Å²) in [7, 11) is 0. The van der Waals surface area contributed by atoms with E-state index < -0.39 is 0 Å². The third kappa shape index (κ3) is 4.39. The van der Waals surface area contributed by atoms with Gasteiger partial charge in [0, 0.05) is 24.5 Å². The Bertz CT molecular complexity index is 567. The fourth-order valence-corrected chi connectivity index (χ4v) is 2.00. The summed E-state index contributed by atoms with van der Waals surface area (Å²) >= 11 is 0. The van der Waals surface area contributed by atoms with Gasteiger partial charge in [-0.3, -0.25) is 9.78 Å². The van der Waals surface area contributed by atoms with Gasteiger partial charge in [0.1, 0.15) is 5.75 Å². The first-order valence-corrected chi connectivity index (χ1v) is 7.10. The van der Waals surface area contributed by atoms with Gasteiger partial charge in [-0.2, -0.15) is 0 Å². The Labute approximate surface area is 125 Å². The van der Waals surface area contributed by atoms with Crippen LogP contribution in [0.15, 0.2) is 48.8 Å². The second-order valence-electron chi connectivity index (χ2n) is 4.79. The first-order valence-electron chi connectivity index (χ1n) is 7.10. The van der Waals surface area contributed by atoms with Crippen LogP contribution < -0.4 is 10.1 Å². The number of carbonyl (C=O) groups is 1. The molecule has 0 saturated heterocycles. The summed E-state index contributed by atoms with van der Waals surface area (Å²) in [4.78, 5) is 16.4. The maximum Gasteiger partial charge on any atom is 0.179 e. The van der Waals surface area contributed by atoms with Crippen LogP contribution in [0.1, 0.15) is 29.8 Å². The normalized spacial score (nSPS) is 11.9. The lowest BCUT2D eigenvalue weighted by Crippen LogP contribution is -2.33. The maximum absolute atomic E-state index is 12.3. The Balaban J connectivity index is 1.92. The summed E-state index contributed by atoms with van der Waals surface area (Å²) in [6, 6.07) is 10.9. The second kappa shape index (κ2) is 7.55. The number of nitrogens with zero attached hydrogens (tertiary/aromatic N) is 1. The summed E-state index contributed by atoms with van der Waals surface area (Å²) < 4.78 is 5.37. The van der Waals surface area contributed by atoms with Crippen LogP contribution in [0, 0.1) is 0 Å². The van der Waals surface area contributed by atoms with Crippen molar-refractivity contribution in [2.24, 2.45) is 0 Å². The van der Waals surface area contributed by atoms with Gasteiger partial charge >= 0.3 is 0 Å². The van der Waals surface area contributed by atoms with E-state index in [2.05, 4.69) is 10.3 Å². The number of hydrogen-bond donors (Lipinski definition) is 1. The van der Waals surface area contributed by atoms with E-state index in [1.807, 2.05) is 38.1 Å². The van der Waals surface area contributed by atoms with Gasteiger partial charge in [0.05, 0.1) is 12.6 Å². The number of ether oxygens (including phenoxy) is 1. The molecule has 0 saturated carbocycles. The molecule has 0 bridgehead atoms. The van der Waals surface area contributed by atoms with Crippen LogP contribution in [0.25, 0.3) is 0 Å². The van der Waals surface area contributed by atoms with Crippen LogP contribution >= 0.6 is 0 Å². The molecule has 0 aliphatic rings. The summed E-state index contributed by atoms with van der Waals surface area (Å²) in [5.74, 6) is 0.854. The highest BCUT2D eigenvalue weighted by Gasteiger charge is 2.14. The average molecular weight is 284 g/mol. The van der Waals surface area contributed by atoms with E-state index in [0.717, 1.165) is 11.3 Å². The first-order chi connectivity index (χ1) is 10.2. The van der Waals surface area contributed by atoms with Crippen LogP contribution in [0.5, 0.6) is 5.75 Å². The summed E-state index contributed by atoms with van der Waals surface area (Å²) in [6.07, 6.45) is 3.53. The molecule has 1 N–H and O–H groups in total. The van der Waals surface area contributed by atoms with E-state index in [1.165, 1.54) is 0 Å². The van der Waals surface area contributed by atoms with E-state index in [-0.39, 0.29) is 11.8 Å². The average Bonchev–Trinajstić information content (AvgIpc) is 2.54. The number of benzene rings is 1. The van der Waals surface area contributed by atoms with Crippen molar-refractivity contribution in [3.8, 4) is 5.75 Å². The Morgan fingerprint density at radius 2 is 2.05 bits per heavy atom. The molecule has 1 aromatic carbocycles. The number of nitrogens with one attached hydrogen (secondary N) is 1. The van der Waals surface area contributed by atoms with E-state index in [1.54, 1.807) is 24.5 Å². The number of aromatic nitrogens is 1. The number of pyridine rings is 1. The molecule has 110 valence electrons. The van der Waals surface area contributed by atoms with Crippen molar-refractivity contribution in [1.82, 2.24) is 10.3 Å². The van der Waals surface area contributed by atoms with Crippen molar-refractivity contribution in [2.45, 2.75) is 26.4 Å². The molecular formula is C17H20N2O2. The molecular weight excluding hydrogens is 264 g/mol. The summed E-state index contributed by atoms with van der Waals surface area (Å²) in [6.45, 7) is 5.05. The number of ketones is 1. The summed E-state index contributed by atoms with van der Waals surface area (Å²) in [5.41, 5.74) is 1.74. The molecule has 2 rings (SSSR count). The van der Waals surface area contributed by atoms with Gasteiger partial charge in [-0.15, -0.1) is 0 Å². The quantitative estimate of drug-likeness (QED) is 0.794. The number of carbonyl (C=O) groups excluding carboxylic acids is 1. The third-order valence-electron chi connectivity index (χ3n) is 3.18. The van der Waals surface area contributed by atoms with E-state index in [0.29, 0.717) is 18.7 Å². The van der Waals surface area contributed by atoms with Crippen molar-refractivity contribution >= 4 is 5.78 Å². The maximum atomic E-state index is 12.3. The van der Waals surface area contributed by atoms with Crippen molar-refractivity contribution in [3.05, 3.63) is 59.9 Å². The zero-order chi connectivity index (χ0) is 15.1. The molecule has 0 fully saturated rings. The van der Waals surface area contributed by atoms with Gasteiger partial charge in [-0.05, 0) is 49.7 Å². The molecule has 0 aliphatic heterocycles. The smallest absolute Gasteiger partial charge is 0.179 e. The lowest BCUT2D eigenvalue weighted by atomic mass is 10.1. The fourth-order valence-electron chi connectivity index (χ4n) is 2.00. The molecule has 0 spiro atoms. The largest absolute Gasteiger partial charge is 0.494 e. The molecule has 0 radical (unpaired) electrons. The van der Waals surface area contributed by atoms with Crippen LogP contribution in [0.2, 0.25) is 0 Å². The lowest BCUT2D eigenvalue weighted by molar-refractivity contribution is 0.0950. The molecule has 1 aromatic heterocycles. The molecule has 4 heteroatoms. The highest BCUT2D eigenvalue weighted by molar-refractivity contribution is 5.99. The molecule has 0 amide bonds. The minimum Gasteiger partial charge on any atom is -0.494 e. The van der Waals surface area contributed by atoms with Gasteiger partial charge < -0.3 is 10.1 Å². The Morgan fingerprint density at radius 1 is 1.29 bits per heavy atom. The van der Waals surface area contributed by atoms with Crippen molar-refractivity contribution < 1.29 is 9.53 Å². The predicted octanol–water partition coefficient (Wildman–Crippen LogP) is 2.84. The number of hydrogen-bond acceptors (Lipinski definition) is 4. The SMILES string of the molecule is CCOc1ccc(C(=O)C(C)NCc2cccnc2)cc1. The van der Waals surface area contributed by atoms with Crippen LogP contribution in [-0.2, 0) is 6.54 Å². The topological polar surface area (TPSA) is 51.2 Å².